The lowest BCUT2D eigenvalue weighted by atomic mass is 9.94. The average molecular weight is 420 g/mol. The fraction of sp³-hybridized carbons (Fsp3) is 0.0435. The lowest BCUT2D eigenvalue weighted by molar-refractivity contribution is 0.0682. The summed E-state index contributed by atoms with van der Waals surface area (Å²) in [4.78, 5) is 23.3. The largest absolute Gasteiger partial charge is 0.506 e. The molecule has 8 heteroatoms. The Morgan fingerprint density at radius 2 is 1.13 bits per heavy atom. The maximum atomic E-state index is 11.6. The molecule has 31 heavy (non-hydrogen) atoms. The van der Waals surface area contributed by atoms with E-state index in [1.807, 2.05) is 0 Å². The number of aromatic carboxylic acids is 2. The molecule has 156 valence electrons. The number of carboxylic acid groups (broad SMARTS) is 2. The molecular weight excluding hydrogens is 404 g/mol. The molecule has 0 fully saturated rings. The van der Waals surface area contributed by atoms with Crippen LogP contribution in [-0.2, 0) is 6.42 Å². The molecule has 2 aromatic carbocycles. The third-order valence-electron chi connectivity index (χ3n) is 4.78. The van der Waals surface area contributed by atoms with Crippen molar-refractivity contribution >= 4 is 11.9 Å². The van der Waals surface area contributed by atoms with Gasteiger partial charge in [0.1, 0.15) is 34.1 Å². The van der Waals surface area contributed by atoms with Gasteiger partial charge in [-0.2, -0.15) is 0 Å². The van der Waals surface area contributed by atoms with Crippen LogP contribution < -0.4 is 0 Å². The van der Waals surface area contributed by atoms with Gasteiger partial charge in [0.15, 0.2) is 0 Å². The van der Waals surface area contributed by atoms with E-state index in [-0.39, 0.29) is 40.2 Å². The number of rotatable bonds is 6. The third-order valence-corrected chi connectivity index (χ3v) is 4.78. The van der Waals surface area contributed by atoms with Gasteiger partial charge in [0.05, 0.1) is 23.7 Å². The smallest absolute Gasteiger partial charge is 0.339 e. The SMILES string of the molecule is O=C(O)c1cc(Cc2cc(C(=O)O)c(O)c(-c3ccco3)c2)cc(-c2ccco2)c1O. The first-order chi connectivity index (χ1) is 14.8. The van der Waals surface area contributed by atoms with Crippen molar-refractivity contribution in [1.82, 2.24) is 0 Å². The first kappa shape index (κ1) is 19.8. The van der Waals surface area contributed by atoms with Gasteiger partial charge in [-0.1, -0.05) is 0 Å². The van der Waals surface area contributed by atoms with Gasteiger partial charge in [-0.25, -0.2) is 9.59 Å². The summed E-state index contributed by atoms with van der Waals surface area (Å²) in [6, 6.07) is 12.1. The number of carboxylic acids is 2. The lowest BCUT2D eigenvalue weighted by Crippen LogP contribution is -2.03. The Hall–Kier alpha value is -4.46. The highest BCUT2D eigenvalue weighted by molar-refractivity contribution is 5.95. The average Bonchev–Trinajstić information content (AvgIpc) is 3.44. The van der Waals surface area contributed by atoms with Gasteiger partial charge in [-0.05, 0) is 66.1 Å². The molecule has 0 amide bonds. The van der Waals surface area contributed by atoms with Crippen molar-refractivity contribution in [1.29, 1.82) is 0 Å². The van der Waals surface area contributed by atoms with E-state index in [2.05, 4.69) is 0 Å². The molecule has 0 aliphatic heterocycles. The second-order valence-corrected chi connectivity index (χ2v) is 6.82. The summed E-state index contributed by atoms with van der Waals surface area (Å²) in [6.07, 6.45) is 2.93. The molecule has 0 radical (unpaired) electrons. The van der Waals surface area contributed by atoms with Crippen LogP contribution >= 0.6 is 0 Å². The van der Waals surface area contributed by atoms with E-state index in [4.69, 9.17) is 8.83 Å². The summed E-state index contributed by atoms with van der Waals surface area (Å²) in [5.41, 5.74) is 0.759. The Balaban J connectivity index is 1.84. The Kier molecular flexibility index (Phi) is 4.96. The van der Waals surface area contributed by atoms with Gasteiger partial charge in [0.2, 0.25) is 0 Å². The van der Waals surface area contributed by atoms with Crippen molar-refractivity contribution in [3.63, 3.8) is 0 Å². The Morgan fingerprint density at radius 1 is 0.710 bits per heavy atom. The van der Waals surface area contributed by atoms with Crippen LogP contribution in [0, 0.1) is 0 Å². The van der Waals surface area contributed by atoms with Gasteiger partial charge < -0.3 is 29.3 Å². The quantitative estimate of drug-likeness (QED) is 0.354. The van der Waals surface area contributed by atoms with Crippen LogP contribution in [-0.4, -0.2) is 32.4 Å². The highest BCUT2D eigenvalue weighted by atomic mass is 16.4. The van der Waals surface area contributed by atoms with E-state index < -0.39 is 23.4 Å². The van der Waals surface area contributed by atoms with Crippen molar-refractivity contribution in [3.05, 3.63) is 83.3 Å². The molecule has 0 aliphatic carbocycles. The Morgan fingerprint density at radius 3 is 1.45 bits per heavy atom. The van der Waals surface area contributed by atoms with E-state index >= 15 is 0 Å². The molecule has 0 spiro atoms. The molecule has 0 atom stereocenters. The molecule has 4 aromatic rings. The normalized spacial score (nSPS) is 10.8. The summed E-state index contributed by atoms with van der Waals surface area (Å²) in [5, 5.41) is 39.7. The summed E-state index contributed by atoms with van der Waals surface area (Å²) in [6.45, 7) is 0. The van der Waals surface area contributed by atoms with Gasteiger partial charge in [0.25, 0.3) is 0 Å². The number of hydrogen-bond acceptors (Lipinski definition) is 6. The maximum Gasteiger partial charge on any atom is 0.339 e. The first-order valence-electron chi connectivity index (χ1n) is 9.11. The zero-order valence-corrected chi connectivity index (χ0v) is 15.9. The van der Waals surface area contributed by atoms with Crippen LogP contribution in [0.3, 0.4) is 0 Å². The van der Waals surface area contributed by atoms with Gasteiger partial charge >= 0.3 is 11.9 Å². The van der Waals surface area contributed by atoms with Crippen LogP contribution in [0.1, 0.15) is 31.8 Å². The second-order valence-electron chi connectivity index (χ2n) is 6.82. The second kappa shape index (κ2) is 7.75. The summed E-state index contributed by atoms with van der Waals surface area (Å²) < 4.78 is 10.6. The van der Waals surface area contributed by atoms with E-state index in [1.54, 1.807) is 36.4 Å². The van der Waals surface area contributed by atoms with Crippen molar-refractivity contribution < 1.29 is 38.8 Å². The number of carbonyl (C=O) groups is 2. The van der Waals surface area contributed by atoms with Crippen molar-refractivity contribution in [2.45, 2.75) is 6.42 Å². The van der Waals surface area contributed by atoms with Crippen LogP contribution in [0.15, 0.2) is 69.9 Å². The molecule has 0 bridgehead atoms. The minimum Gasteiger partial charge on any atom is -0.506 e. The monoisotopic (exact) mass is 420 g/mol. The molecule has 0 unspecified atom stereocenters. The van der Waals surface area contributed by atoms with Crippen LogP contribution in [0.25, 0.3) is 22.6 Å². The summed E-state index contributed by atoms with van der Waals surface area (Å²) in [5.74, 6) is -2.93. The topological polar surface area (TPSA) is 141 Å². The minimum atomic E-state index is -1.32. The maximum absolute atomic E-state index is 11.6. The van der Waals surface area contributed by atoms with Gasteiger partial charge in [0, 0.05) is 0 Å². The van der Waals surface area contributed by atoms with Gasteiger partial charge in [-0.15, -0.1) is 0 Å². The molecular formula is C23H16O8. The lowest BCUT2D eigenvalue weighted by Gasteiger charge is -2.12. The standard InChI is InChI=1S/C23H16O8/c24-20-14(18-3-1-5-30-18)8-12(10-16(20)22(26)27)7-13-9-15(19-4-2-6-31-19)21(25)17(11-13)23(28)29/h1-6,8-11,24-25H,7H2,(H,26,27)(H,28,29). The highest BCUT2D eigenvalue weighted by Gasteiger charge is 2.21. The van der Waals surface area contributed by atoms with E-state index in [1.165, 1.54) is 24.7 Å². The van der Waals surface area contributed by atoms with E-state index in [0.717, 1.165) is 0 Å². The number of aromatic hydroxyl groups is 2. The molecule has 2 aromatic heterocycles. The predicted molar refractivity (Wildman–Crippen MR) is 108 cm³/mol. The zero-order chi connectivity index (χ0) is 22.1. The fourth-order valence-corrected chi connectivity index (χ4v) is 3.39. The van der Waals surface area contributed by atoms with Crippen LogP contribution in [0.5, 0.6) is 11.5 Å². The predicted octanol–water partition coefficient (Wildman–Crippen LogP) is 4.61. The van der Waals surface area contributed by atoms with Crippen LogP contribution in [0.2, 0.25) is 0 Å². The molecule has 4 rings (SSSR count). The fourth-order valence-electron chi connectivity index (χ4n) is 3.39. The highest BCUT2D eigenvalue weighted by Crippen LogP contribution is 2.37. The molecule has 0 saturated carbocycles. The summed E-state index contributed by atoms with van der Waals surface area (Å²) in [7, 11) is 0. The molecule has 2 heterocycles. The van der Waals surface area contributed by atoms with Gasteiger partial charge in [-0.3, -0.25) is 0 Å². The molecule has 0 saturated heterocycles. The van der Waals surface area contributed by atoms with Crippen molar-refractivity contribution in [2.24, 2.45) is 0 Å². The third kappa shape index (κ3) is 3.74. The minimum absolute atomic E-state index is 0.128. The van der Waals surface area contributed by atoms with E-state index in [0.29, 0.717) is 11.1 Å². The summed E-state index contributed by atoms with van der Waals surface area (Å²) >= 11 is 0. The van der Waals surface area contributed by atoms with E-state index in [9.17, 15) is 30.0 Å². The van der Waals surface area contributed by atoms with Crippen molar-refractivity contribution in [2.75, 3.05) is 0 Å². The molecule has 8 nitrogen and oxygen atoms in total. The first-order valence-corrected chi connectivity index (χ1v) is 9.11. The number of phenols is 2. The van der Waals surface area contributed by atoms with Crippen LogP contribution in [0.4, 0.5) is 0 Å². The Labute approximate surface area is 175 Å². The zero-order valence-electron chi connectivity index (χ0n) is 15.9. The molecule has 4 N–H and O–H groups in total. The number of furan rings is 2. The molecule has 0 aliphatic rings. The Bertz CT molecular complexity index is 1170. The number of benzene rings is 2. The van der Waals surface area contributed by atoms with Crippen molar-refractivity contribution in [3.8, 4) is 34.1 Å². The number of hydrogen-bond donors (Lipinski definition) is 4.